The standard InChI is InChI=1S/C15H18O3/c16-11-13-14(12-7-3-1-4-8-12)18-15(17-13)9-5-2-6-10-15/h1,3-4,7-8,11,13-14H,2,5-6,9-10H2/t13-,14-/m0/s1. The molecule has 0 unspecified atom stereocenters. The van der Waals surface area contributed by atoms with Crippen LogP contribution in [-0.4, -0.2) is 18.2 Å². The zero-order valence-corrected chi connectivity index (χ0v) is 10.4. The molecule has 0 bridgehead atoms. The van der Waals surface area contributed by atoms with Gasteiger partial charge in [0.2, 0.25) is 0 Å². The second kappa shape index (κ2) is 4.82. The van der Waals surface area contributed by atoms with Crippen LogP contribution in [0, 0.1) is 0 Å². The molecule has 0 radical (unpaired) electrons. The molecule has 2 fully saturated rings. The van der Waals surface area contributed by atoms with Crippen molar-refractivity contribution in [2.75, 3.05) is 0 Å². The number of ether oxygens (including phenoxy) is 2. The van der Waals surface area contributed by atoms with Crippen LogP contribution in [0.4, 0.5) is 0 Å². The Morgan fingerprint density at radius 3 is 2.44 bits per heavy atom. The predicted molar refractivity (Wildman–Crippen MR) is 67.0 cm³/mol. The Balaban J connectivity index is 1.84. The average Bonchev–Trinajstić information content (AvgIpc) is 2.79. The molecule has 1 spiro atoms. The first-order valence-electron chi connectivity index (χ1n) is 6.69. The number of carbonyl (C=O) groups excluding carboxylic acids is 1. The lowest BCUT2D eigenvalue weighted by molar-refractivity contribution is -0.194. The smallest absolute Gasteiger partial charge is 0.170 e. The van der Waals surface area contributed by atoms with Crippen molar-refractivity contribution in [3.8, 4) is 0 Å². The normalized spacial score (nSPS) is 30.4. The Morgan fingerprint density at radius 1 is 1.06 bits per heavy atom. The summed E-state index contributed by atoms with van der Waals surface area (Å²) in [5, 5.41) is 0. The Hall–Kier alpha value is -1.19. The van der Waals surface area contributed by atoms with Gasteiger partial charge in [0, 0.05) is 12.8 Å². The molecule has 1 aliphatic heterocycles. The summed E-state index contributed by atoms with van der Waals surface area (Å²) in [4.78, 5) is 11.2. The molecule has 0 amide bonds. The number of hydrogen-bond donors (Lipinski definition) is 0. The largest absolute Gasteiger partial charge is 0.339 e. The van der Waals surface area contributed by atoms with Gasteiger partial charge in [-0.05, 0) is 18.4 Å². The molecule has 3 rings (SSSR count). The van der Waals surface area contributed by atoms with Gasteiger partial charge in [-0.15, -0.1) is 0 Å². The molecule has 1 saturated carbocycles. The molecule has 96 valence electrons. The maximum Gasteiger partial charge on any atom is 0.170 e. The molecule has 2 aliphatic rings. The molecule has 18 heavy (non-hydrogen) atoms. The van der Waals surface area contributed by atoms with Crippen LogP contribution in [0.5, 0.6) is 0 Å². The van der Waals surface area contributed by atoms with E-state index >= 15 is 0 Å². The quantitative estimate of drug-likeness (QED) is 0.752. The summed E-state index contributed by atoms with van der Waals surface area (Å²) in [7, 11) is 0. The van der Waals surface area contributed by atoms with Crippen LogP contribution in [-0.2, 0) is 14.3 Å². The summed E-state index contributed by atoms with van der Waals surface area (Å²) in [6.07, 6.45) is 5.44. The van der Waals surface area contributed by atoms with Crippen molar-refractivity contribution in [2.24, 2.45) is 0 Å². The first-order chi connectivity index (χ1) is 8.83. The zero-order chi connectivity index (χ0) is 12.4. The highest BCUT2D eigenvalue weighted by atomic mass is 16.8. The van der Waals surface area contributed by atoms with Crippen LogP contribution in [0.25, 0.3) is 0 Å². The first-order valence-corrected chi connectivity index (χ1v) is 6.69. The number of carbonyl (C=O) groups is 1. The van der Waals surface area contributed by atoms with Crippen molar-refractivity contribution in [1.82, 2.24) is 0 Å². The predicted octanol–water partition coefficient (Wildman–Crippen LogP) is 3.00. The SMILES string of the molecule is O=C[C@@H]1OC2(CCCCC2)O[C@H]1c1ccccc1. The van der Waals surface area contributed by atoms with E-state index in [1.54, 1.807) is 0 Å². The van der Waals surface area contributed by atoms with Crippen molar-refractivity contribution in [3.63, 3.8) is 0 Å². The highest BCUT2D eigenvalue weighted by molar-refractivity contribution is 5.58. The minimum Gasteiger partial charge on any atom is -0.339 e. The van der Waals surface area contributed by atoms with Gasteiger partial charge in [-0.2, -0.15) is 0 Å². The fourth-order valence-corrected chi connectivity index (χ4v) is 2.96. The average molecular weight is 246 g/mol. The van der Waals surface area contributed by atoms with Gasteiger partial charge in [0.15, 0.2) is 12.1 Å². The third-order valence-corrected chi connectivity index (χ3v) is 3.87. The van der Waals surface area contributed by atoms with Crippen LogP contribution in [0.1, 0.15) is 43.8 Å². The van der Waals surface area contributed by atoms with Crippen molar-refractivity contribution in [3.05, 3.63) is 35.9 Å². The molecule has 3 nitrogen and oxygen atoms in total. The van der Waals surface area contributed by atoms with E-state index in [1.807, 2.05) is 30.3 Å². The molecule has 0 N–H and O–H groups in total. The van der Waals surface area contributed by atoms with Gasteiger partial charge in [-0.3, -0.25) is 0 Å². The van der Waals surface area contributed by atoms with Gasteiger partial charge in [-0.25, -0.2) is 0 Å². The minimum atomic E-state index is -0.510. The lowest BCUT2D eigenvalue weighted by atomic mass is 9.94. The number of rotatable bonds is 2. The summed E-state index contributed by atoms with van der Waals surface area (Å²) in [5.74, 6) is -0.510. The molecular weight excluding hydrogens is 228 g/mol. The molecule has 1 heterocycles. The lowest BCUT2D eigenvalue weighted by Gasteiger charge is -2.31. The van der Waals surface area contributed by atoms with E-state index in [9.17, 15) is 4.79 Å². The summed E-state index contributed by atoms with van der Waals surface area (Å²) in [5.41, 5.74) is 1.03. The highest BCUT2D eigenvalue weighted by Gasteiger charge is 2.48. The van der Waals surface area contributed by atoms with Crippen molar-refractivity contribution < 1.29 is 14.3 Å². The zero-order valence-electron chi connectivity index (χ0n) is 10.4. The summed E-state index contributed by atoms with van der Waals surface area (Å²) < 4.78 is 12.0. The van der Waals surface area contributed by atoms with Gasteiger partial charge >= 0.3 is 0 Å². The Morgan fingerprint density at radius 2 is 1.78 bits per heavy atom. The van der Waals surface area contributed by atoms with Gasteiger partial charge in [0.1, 0.15) is 12.2 Å². The van der Waals surface area contributed by atoms with E-state index in [2.05, 4.69) is 0 Å². The first kappa shape index (κ1) is 11.9. The van der Waals surface area contributed by atoms with E-state index in [-0.39, 0.29) is 6.10 Å². The van der Waals surface area contributed by atoms with Crippen molar-refractivity contribution >= 4 is 6.29 Å². The summed E-state index contributed by atoms with van der Waals surface area (Å²) in [6, 6.07) is 9.88. The Kier molecular flexibility index (Phi) is 3.18. The van der Waals surface area contributed by atoms with Crippen molar-refractivity contribution in [1.29, 1.82) is 0 Å². The minimum absolute atomic E-state index is 0.248. The van der Waals surface area contributed by atoms with E-state index < -0.39 is 11.9 Å². The number of hydrogen-bond acceptors (Lipinski definition) is 3. The van der Waals surface area contributed by atoms with E-state index in [0.717, 1.165) is 37.5 Å². The van der Waals surface area contributed by atoms with Gasteiger partial charge < -0.3 is 14.3 Å². The number of aldehydes is 1. The number of benzene rings is 1. The van der Waals surface area contributed by atoms with E-state index in [1.165, 1.54) is 6.42 Å². The summed E-state index contributed by atoms with van der Waals surface area (Å²) >= 11 is 0. The second-order valence-electron chi connectivity index (χ2n) is 5.14. The molecule has 2 atom stereocenters. The molecule has 1 saturated heterocycles. The van der Waals surface area contributed by atoms with E-state index in [4.69, 9.17) is 9.47 Å². The monoisotopic (exact) mass is 246 g/mol. The highest BCUT2D eigenvalue weighted by Crippen LogP contribution is 2.45. The lowest BCUT2D eigenvalue weighted by Crippen LogP contribution is -2.33. The second-order valence-corrected chi connectivity index (χ2v) is 5.14. The third-order valence-electron chi connectivity index (χ3n) is 3.87. The van der Waals surface area contributed by atoms with Crippen LogP contribution in [0.15, 0.2) is 30.3 Å². The van der Waals surface area contributed by atoms with Gasteiger partial charge in [0.05, 0.1) is 0 Å². The molecule has 1 aromatic rings. The molecule has 1 aromatic carbocycles. The molecule has 1 aliphatic carbocycles. The van der Waals surface area contributed by atoms with Crippen LogP contribution < -0.4 is 0 Å². The van der Waals surface area contributed by atoms with Crippen LogP contribution in [0.2, 0.25) is 0 Å². The van der Waals surface area contributed by atoms with Crippen LogP contribution in [0.3, 0.4) is 0 Å². The Labute approximate surface area is 107 Å². The Bertz CT molecular complexity index is 409. The molecular formula is C15H18O3. The van der Waals surface area contributed by atoms with Gasteiger partial charge in [0.25, 0.3) is 0 Å². The summed E-state index contributed by atoms with van der Waals surface area (Å²) in [6.45, 7) is 0. The maximum absolute atomic E-state index is 11.2. The maximum atomic E-state index is 11.2. The van der Waals surface area contributed by atoms with E-state index in [0.29, 0.717) is 0 Å². The topological polar surface area (TPSA) is 35.5 Å². The molecule has 0 aromatic heterocycles. The molecule has 3 heteroatoms. The van der Waals surface area contributed by atoms with Gasteiger partial charge in [-0.1, -0.05) is 36.8 Å². The van der Waals surface area contributed by atoms with Crippen LogP contribution >= 0.6 is 0 Å². The van der Waals surface area contributed by atoms with Crippen molar-refractivity contribution in [2.45, 2.75) is 50.1 Å². The fourth-order valence-electron chi connectivity index (χ4n) is 2.96. The fraction of sp³-hybridized carbons (Fsp3) is 0.533. The third kappa shape index (κ3) is 2.08.